The molecule has 1 amide bonds. The smallest absolute Gasteiger partial charge is 0.422 e. The Hall–Kier alpha value is -2.36. The summed E-state index contributed by atoms with van der Waals surface area (Å²) in [4.78, 5) is 11.4. The van der Waals surface area contributed by atoms with Crippen LogP contribution < -0.4 is 10.1 Å². The van der Waals surface area contributed by atoms with Crippen molar-refractivity contribution in [3.05, 3.63) is 29.8 Å². The van der Waals surface area contributed by atoms with Gasteiger partial charge in [-0.15, -0.1) is 0 Å². The van der Waals surface area contributed by atoms with Crippen LogP contribution in [0.25, 0.3) is 0 Å². The van der Waals surface area contributed by atoms with Crippen molar-refractivity contribution in [3.63, 3.8) is 0 Å². The van der Waals surface area contributed by atoms with Gasteiger partial charge in [-0.05, 0) is 45.0 Å². The molecule has 7 heteroatoms. The SMILES string of the molecule is CC(C)(C)OC(=O)NCCC#Cc1ccc(OCC(F)(F)F)cc1. The van der Waals surface area contributed by atoms with Crippen LogP contribution in [-0.4, -0.2) is 31.0 Å². The lowest BCUT2D eigenvalue weighted by atomic mass is 10.2. The Morgan fingerprint density at radius 2 is 1.79 bits per heavy atom. The van der Waals surface area contributed by atoms with E-state index in [-0.39, 0.29) is 5.75 Å². The number of rotatable bonds is 4. The highest BCUT2D eigenvalue weighted by molar-refractivity contribution is 5.67. The molecule has 0 atom stereocenters. The summed E-state index contributed by atoms with van der Waals surface area (Å²) < 4.78 is 45.7. The lowest BCUT2D eigenvalue weighted by Gasteiger charge is -2.19. The maximum atomic E-state index is 12.0. The number of carbonyl (C=O) groups is 1. The first kappa shape index (κ1) is 19.7. The summed E-state index contributed by atoms with van der Waals surface area (Å²) in [6, 6.07) is 5.99. The number of benzene rings is 1. The first-order chi connectivity index (χ1) is 11.1. The van der Waals surface area contributed by atoms with Crippen LogP contribution in [0.5, 0.6) is 5.75 Å². The third-order valence-electron chi connectivity index (χ3n) is 2.41. The standard InChI is InChI=1S/C17H20F3NO3/c1-16(2,3)24-15(22)21-11-5-4-6-13-7-9-14(10-8-13)23-12-17(18,19)20/h7-10H,5,11-12H2,1-3H3,(H,21,22). The Morgan fingerprint density at radius 3 is 2.33 bits per heavy atom. The molecule has 0 saturated carbocycles. The molecule has 1 aromatic carbocycles. The highest BCUT2D eigenvalue weighted by Gasteiger charge is 2.28. The Labute approximate surface area is 139 Å². The van der Waals surface area contributed by atoms with Gasteiger partial charge in [-0.2, -0.15) is 13.2 Å². The molecule has 0 spiro atoms. The molecule has 1 aromatic rings. The molecule has 0 radical (unpaired) electrons. The van der Waals surface area contributed by atoms with Crippen molar-refractivity contribution in [1.82, 2.24) is 5.32 Å². The van der Waals surface area contributed by atoms with Gasteiger partial charge in [0.1, 0.15) is 11.4 Å². The summed E-state index contributed by atoms with van der Waals surface area (Å²) in [7, 11) is 0. The Bertz CT molecular complexity index is 593. The molecular formula is C17H20F3NO3. The molecule has 0 fully saturated rings. The predicted molar refractivity (Wildman–Crippen MR) is 83.7 cm³/mol. The molecule has 0 aliphatic carbocycles. The van der Waals surface area contributed by atoms with Crippen molar-refractivity contribution in [2.75, 3.05) is 13.2 Å². The van der Waals surface area contributed by atoms with Gasteiger partial charge in [-0.1, -0.05) is 11.8 Å². The van der Waals surface area contributed by atoms with Gasteiger partial charge in [0.15, 0.2) is 6.61 Å². The molecule has 0 aliphatic heterocycles. The van der Waals surface area contributed by atoms with E-state index in [4.69, 9.17) is 4.74 Å². The van der Waals surface area contributed by atoms with Gasteiger partial charge in [0.05, 0.1) is 0 Å². The van der Waals surface area contributed by atoms with Crippen molar-refractivity contribution >= 4 is 6.09 Å². The molecule has 132 valence electrons. The molecule has 0 aliphatic rings. The third kappa shape index (κ3) is 9.62. The normalized spacial score (nSPS) is 11.2. The molecule has 4 nitrogen and oxygen atoms in total. The number of alkyl halides is 3. The van der Waals surface area contributed by atoms with E-state index >= 15 is 0 Å². The van der Waals surface area contributed by atoms with E-state index in [1.54, 1.807) is 32.9 Å². The van der Waals surface area contributed by atoms with Gasteiger partial charge < -0.3 is 14.8 Å². The van der Waals surface area contributed by atoms with Crippen LogP contribution in [-0.2, 0) is 4.74 Å². The molecule has 0 aromatic heterocycles. The summed E-state index contributed by atoms with van der Waals surface area (Å²) in [6.45, 7) is 4.33. The summed E-state index contributed by atoms with van der Waals surface area (Å²) >= 11 is 0. The zero-order valence-corrected chi connectivity index (χ0v) is 13.8. The van der Waals surface area contributed by atoms with Crippen molar-refractivity contribution in [3.8, 4) is 17.6 Å². The number of alkyl carbamates (subject to hydrolysis) is 1. The van der Waals surface area contributed by atoms with E-state index in [0.29, 0.717) is 18.5 Å². The molecule has 1 rings (SSSR count). The van der Waals surface area contributed by atoms with E-state index in [0.717, 1.165) is 0 Å². The minimum Gasteiger partial charge on any atom is -0.484 e. The maximum Gasteiger partial charge on any atom is 0.422 e. The molecule has 1 N–H and O–H groups in total. The average Bonchev–Trinajstić information content (AvgIpc) is 2.43. The lowest BCUT2D eigenvalue weighted by molar-refractivity contribution is -0.153. The van der Waals surface area contributed by atoms with Crippen LogP contribution in [0.4, 0.5) is 18.0 Å². The first-order valence-corrected chi connectivity index (χ1v) is 7.30. The van der Waals surface area contributed by atoms with Crippen molar-refractivity contribution in [1.29, 1.82) is 0 Å². The summed E-state index contributed by atoms with van der Waals surface area (Å²) in [5.41, 5.74) is 0.0951. The van der Waals surface area contributed by atoms with Crippen LogP contribution in [0.1, 0.15) is 32.8 Å². The van der Waals surface area contributed by atoms with E-state index in [9.17, 15) is 18.0 Å². The second-order valence-corrected chi connectivity index (χ2v) is 5.91. The zero-order valence-electron chi connectivity index (χ0n) is 13.8. The third-order valence-corrected chi connectivity index (χ3v) is 2.41. The van der Waals surface area contributed by atoms with E-state index in [1.807, 2.05) is 0 Å². The van der Waals surface area contributed by atoms with Gasteiger partial charge in [-0.3, -0.25) is 0 Å². The number of carbonyl (C=O) groups excluding carboxylic acids is 1. The molecule has 24 heavy (non-hydrogen) atoms. The number of amides is 1. The Morgan fingerprint density at radius 1 is 1.17 bits per heavy atom. The number of nitrogens with one attached hydrogen (secondary N) is 1. The minimum atomic E-state index is -4.36. The molecular weight excluding hydrogens is 323 g/mol. The van der Waals surface area contributed by atoms with Crippen LogP contribution >= 0.6 is 0 Å². The topological polar surface area (TPSA) is 47.6 Å². The molecule has 0 unspecified atom stereocenters. The van der Waals surface area contributed by atoms with E-state index in [1.165, 1.54) is 12.1 Å². The number of hydrogen-bond acceptors (Lipinski definition) is 3. The quantitative estimate of drug-likeness (QED) is 0.666. The van der Waals surface area contributed by atoms with Crippen LogP contribution in [0, 0.1) is 11.8 Å². The first-order valence-electron chi connectivity index (χ1n) is 7.30. The fourth-order valence-electron chi connectivity index (χ4n) is 1.51. The lowest BCUT2D eigenvalue weighted by Crippen LogP contribution is -2.32. The summed E-state index contributed by atoms with van der Waals surface area (Å²) in [5, 5.41) is 2.58. The maximum absolute atomic E-state index is 12.0. The minimum absolute atomic E-state index is 0.129. The Balaban J connectivity index is 2.35. The average molecular weight is 343 g/mol. The molecule has 0 saturated heterocycles. The van der Waals surface area contributed by atoms with Gasteiger partial charge in [-0.25, -0.2) is 4.79 Å². The summed E-state index contributed by atoms with van der Waals surface area (Å²) in [5.74, 6) is 5.83. The molecule has 0 heterocycles. The highest BCUT2D eigenvalue weighted by atomic mass is 19.4. The largest absolute Gasteiger partial charge is 0.484 e. The second-order valence-electron chi connectivity index (χ2n) is 5.91. The van der Waals surface area contributed by atoms with Crippen molar-refractivity contribution < 1.29 is 27.4 Å². The van der Waals surface area contributed by atoms with Gasteiger partial charge in [0, 0.05) is 18.5 Å². The summed E-state index contributed by atoms with van der Waals surface area (Å²) in [6.07, 6.45) is -4.44. The number of hydrogen-bond donors (Lipinski definition) is 1. The van der Waals surface area contributed by atoms with Gasteiger partial charge >= 0.3 is 12.3 Å². The van der Waals surface area contributed by atoms with Crippen molar-refractivity contribution in [2.24, 2.45) is 0 Å². The van der Waals surface area contributed by atoms with Crippen LogP contribution in [0.2, 0.25) is 0 Å². The highest BCUT2D eigenvalue weighted by Crippen LogP contribution is 2.18. The monoisotopic (exact) mass is 343 g/mol. The zero-order chi connectivity index (χ0) is 18.2. The van der Waals surface area contributed by atoms with E-state index < -0.39 is 24.5 Å². The number of halogens is 3. The van der Waals surface area contributed by atoms with Gasteiger partial charge in [0.2, 0.25) is 0 Å². The Kier molecular flexibility index (Phi) is 6.96. The van der Waals surface area contributed by atoms with E-state index in [2.05, 4.69) is 21.9 Å². The van der Waals surface area contributed by atoms with Crippen LogP contribution in [0.15, 0.2) is 24.3 Å². The number of ether oxygens (including phenoxy) is 2. The molecule has 0 bridgehead atoms. The predicted octanol–water partition coefficient (Wildman–Crippen LogP) is 3.89. The van der Waals surface area contributed by atoms with Gasteiger partial charge in [0.25, 0.3) is 0 Å². The van der Waals surface area contributed by atoms with Crippen molar-refractivity contribution in [2.45, 2.75) is 39.0 Å². The second kappa shape index (κ2) is 8.48. The fraction of sp³-hybridized carbons (Fsp3) is 0.471. The fourth-order valence-corrected chi connectivity index (χ4v) is 1.51. The van der Waals surface area contributed by atoms with Crippen LogP contribution in [0.3, 0.4) is 0 Å².